The minimum absolute atomic E-state index is 0.0266. The van der Waals surface area contributed by atoms with Crippen molar-refractivity contribution >= 4 is 5.78 Å². The van der Waals surface area contributed by atoms with E-state index >= 15 is 0 Å². The van der Waals surface area contributed by atoms with Crippen LogP contribution in [-0.4, -0.2) is 37.9 Å². The molecule has 0 aliphatic carbocycles. The topological polar surface area (TPSA) is 49.6 Å². The van der Waals surface area contributed by atoms with Crippen LogP contribution in [0, 0.1) is 0 Å². The predicted octanol–water partition coefficient (Wildman–Crippen LogP) is -0.693. The monoisotopic (exact) mass is 156 g/mol. The van der Waals surface area contributed by atoms with E-state index in [0.717, 1.165) is 0 Å². The Kier molecular flexibility index (Phi) is 1.67. The molecule has 0 aromatic carbocycles. The average Bonchev–Trinajstić information content (AvgIpc) is 2.46. The number of ketones is 1. The molecule has 2 heterocycles. The highest BCUT2D eigenvalue weighted by molar-refractivity contribution is 5.88. The molecule has 2 saturated heterocycles. The Balaban J connectivity index is 2.13. The largest absolute Gasteiger partial charge is 0.341 e. The predicted molar refractivity (Wildman–Crippen MR) is 36.1 cm³/mol. The molecule has 4 nitrogen and oxygen atoms in total. The van der Waals surface area contributed by atoms with Crippen LogP contribution in [0.1, 0.15) is 6.42 Å². The van der Waals surface area contributed by atoms with E-state index in [9.17, 15) is 4.79 Å². The van der Waals surface area contributed by atoms with Crippen LogP contribution in [0.3, 0.4) is 0 Å². The molecule has 0 saturated carbocycles. The molecule has 0 N–H and O–H groups in total. The van der Waals surface area contributed by atoms with E-state index in [1.807, 2.05) is 0 Å². The first kappa shape index (κ1) is 7.21. The van der Waals surface area contributed by atoms with Crippen molar-refractivity contribution in [2.75, 3.05) is 26.3 Å². The van der Waals surface area contributed by atoms with E-state index in [0.29, 0.717) is 26.2 Å². The number of piperidine rings is 1. The fraction of sp³-hybridized carbons (Fsp3) is 0.857. The zero-order chi connectivity index (χ0) is 7.73. The van der Waals surface area contributed by atoms with Gasteiger partial charge in [0, 0.05) is 13.0 Å². The summed E-state index contributed by atoms with van der Waals surface area (Å²) in [7, 11) is 0. The summed E-state index contributed by atoms with van der Waals surface area (Å²) < 4.78 is 10.5. The number of ether oxygens (including phenoxy) is 2. The van der Waals surface area contributed by atoms with Crippen molar-refractivity contribution in [3.63, 3.8) is 0 Å². The maximum Gasteiger partial charge on any atom is 0.231 e. The molecule has 0 aromatic heterocycles. The van der Waals surface area contributed by atoms with Crippen LogP contribution in [-0.2, 0) is 14.3 Å². The molecule has 61 valence electrons. The van der Waals surface area contributed by atoms with Crippen molar-refractivity contribution in [3.8, 4) is 0 Å². The van der Waals surface area contributed by atoms with Gasteiger partial charge in [0.15, 0.2) is 0 Å². The van der Waals surface area contributed by atoms with Crippen molar-refractivity contribution in [2.24, 2.45) is 0 Å². The van der Waals surface area contributed by atoms with E-state index in [2.05, 4.69) is 5.32 Å². The van der Waals surface area contributed by atoms with Gasteiger partial charge in [-0.3, -0.25) is 4.79 Å². The summed E-state index contributed by atoms with van der Waals surface area (Å²) in [5.41, 5.74) is 0. The van der Waals surface area contributed by atoms with Crippen LogP contribution in [0.2, 0.25) is 0 Å². The van der Waals surface area contributed by atoms with Gasteiger partial charge >= 0.3 is 0 Å². The van der Waals surface area contributed by atoms with Crippen molar-refractivity contribution < 1.29 is 14.3 Å². The highest BCUT2D eigenvalue weighted by Crippen LogP contribution is 2.26. The normalized spacial score (nSPS) is 29.6. The van der Waals surface area contributed by atoms with Crippen LogP contribution in [0.5, 0.6) is 0 Å². The lowest BCUT2D eigenvalue weighted by atomic mass is 10.0. The standard InChI is InChI=1S/C7H10NO3/c9-6-5-8-2-1-7(6)10-3-4-11-7/h1-5H2. The molecule has 11 heavy (non-hydrogen) atoms. The molecule has 4 heteroatoms. The van der Waals surface area contributed by atoms with Crippen molar-refractivity contribution in [1.29, 1.82) is 0 Å². The first-order valence-electron chi connectivity index (χ1n) is 3.78. The van der Waals surface area contributed by atoms with Gasteiger partial charge in [0.05, 0.1) is 19.8 Å². The molecule has 1 spiro atoms. The Morgan fingerprint density at radius 1 is 1.36 bits per heavy atom. The molecule has 2 rings (SSSR count). The third-order valence-corrected chi connectivity index (χ3v) is 2.03. The summed E-state index contributed by atoms with van der Waals surface area (Å²) >= 11 is 0. The Bertz CT molecular complexity index is 175. The van der Waals surface area contributed by atoms with E-state index in [1.54, 1.807) is 0 Å². The van der Waals surface area contributed by atoms with Crippen molar-refractivity contribution in [1.82, 2.24) is 5.32 Å². The first-order chi connectivity index (χ1) is 5.33. The van der Waals surface area contributed by atoms with Gasteiger partial charge in [-0.05, 0) is 0 Å². The smallest absolute Gasteiger partial charge is 0.231 e. The van der Waals surface area contributed by atoms with E-state index < -0.39 is 5.79 Å². The number of rotatable bonds is 0. The molecule has 0 atom stereocenters. The van der Waals surface area contributed by atoms with Gasteiger partial charge in [-0.25, -0.2) is 5.32 Å². The lowest BCUT2D eigenvalue weighted by Gasteiger charge is -2.28. The summed E-state index contributed by atoms with van der Waals surface area (Å²) in [6, 6.07) is 0. The second-order valence-electron chi connectivity index (χ2n) is 2.73. The summed E-state index contributed by atoms with van der Waals surface area (Å²) in [6.45, 7) is 1.99. The average molecular weight is 156 g/mol. The van der Waals surface area contributed by atoms with Crippen LogP contribution in [0.15, 0.2) is 0 Å². The summed E-state index contributed by atoms with van der Waals surface area (Å²) in [4.78, 5) is 11.3. The molecular formula is C7H10NO3. The van der Waals surface area contributed by atoms with Gasteiger partial charge in [-0.1, -0.05) is 0 Å². The highest BCUT2D eigenvalue weighted by atomic mass is 16.7. The Labute approximate surface area is 64.9 Å². The Morgan fingerprint density at radius 2 is 2.09 bits per heavy atom. The first-order valence-corrected chi connectivity index (χ1v) is 3.78. The van der Waals surface area contributed by atoms with Crippen LogP contribution < -0.4 is 5.32 Å². The summed E-state index contributed by atoms with van der Waals surface area (Å²) in [5, 5.41) is 3.97. The maximum atomic E-state index is 11.3. The molecule has 1 radical (unpaired) electrons. The van der Waals surface area contributed by atoms with Gasteiger partial charge in [0.25, 0.3) is 0 Å². The lowest BCUT2D eigenvalue weighted by molar-refractivity contribution is -0.185. The second kappa shape index (κ2) is 2.55. The third kappa shape index (κ3) is 1.07. The molecule has 2 aliphatic rings. The summed E-state index contributed by atoms with van der Waals surface area (Å²) in [6.07, 6.45) is 0.589. The van der Waals surface area contributed by atoms with Gasteiger partial charge in [0.1, 0.15) is 0 Å². The zero-order valence-electron chi connectivity index (χ0n) is 6.21. The minimum atomic E-state index is -0.901. The zero-order valence-corrected chi connectivity index (χ0v) is 6.21. The van der Waals surface area contributed by atoms with Crippen LogP contribution >= 0.6 is 0 Å². The van der Waals surface area contributed by atoms with Crippen LogP contribution in [0.25, 0.3) is 0 Å². The fourth-order valence-corrected chi connectivity index (χ4v) is 1.43. The second-order valence-corrected chi connectivity index (χ2v) is 2.73. The lowest BCUT2D eigenvalue weighted by Crippen LogP contribution is -2.49. The SMILES string of the molecule is O=C1C[N]CCC12OCCO2. The number of carbonyl (C=O) groups excluding carboxylic acids is 1. The Morgan fingerprint density at radius 3 is 2.73 bits per heavy atom. The maximum absolute atomic E-state index is 11.3. The van der Waals surface area contributed by atoms with E-state index in [-0.39, 0.29) is 12.3 Å². The van der Waals surface area contributed by atoms with Gasteiger partial charge in [-0.2, -0.15) is 0 Å². The van der Waals surface area contributed by atoms with Gasteiger partial charge < -0.3 is 9.47 Å². The number of hydrogen-bond donors (Lipinski definition) is 0. The number of Topliss-reactive ketones (excluding diaryl/α,β-unsaturated/α-hetero) is 1. The van der Waals surface area contributed by atoms with Gasteiger partial charge in [-0.15, -0.1) is 0 Å². The molecule has 0 aromatic rings. The Hall–Kier alpha value is -0.450. The number of hydrogen-bond acceptors (Lipinski definition) is 3. The quantitative estimate of drug-likeness (QED) is 0.466. The number of nitrogens with zero attached hydrogens (tertiary/aromatic N) is 1. The van der Waals surface area contributed by atoms with E-state index in [4.69, 9.17) is 9.47 Å². The molecular weight excluding hydrogens is 146 g/mol. The number of carbonyl (C=O) groups is 1. The third-order valence-electron chi connectivity index (χ3n) is 2.03. The van der Waals surface area contributed by atoms with Crippen molar-refractivity contribution in [2.45, 2.75) is 12.2 Å². The van der Waals surface area contributed by atoms with Gasteiger partial charge in [0.2, 0.25) is 11.6 Å². The summed E-state index contributed by atoms with van der Waals surface area (Å²) in [5.74, 6) is -0.928. The minimum Gasteiger partial charge on any atom is -0.341 e. The van der Waals surface area contributed by atoms with Crippen molar-refractivity contribution in [3.05, 3.63) is 0 Å². The van der Waals surface area contributed by atoms with Crippen LogP contribution in [0.4, 0.5) is 0 Å². The molecule has 0 unspecified atom stereocenters. The van der Waals surface area contributed by atoms with E-state index in [1.165, 1.54) is 0 Å². The molecule has 2 fully saturated rings. The fourth-order valence-electron chi connectivity index (χ4n) is 1.43. The molecule has 2 aliphatic heterocycles. The molecule has 0 bridgehead atoms. The highest BCUT2D eigenvalue weighted by Gasteiger charge is 2.45. The molecule has 0 amide bonds.